The molecule has 0 fully saturated rings. The van der Waals surface area contributed by atoms with Gasteiger partial charge in [-0.1, -0.05) is 0 Å². The van der Waals surface area contributed by atoms with E-state index < -0.39 is 21.5 Å². The third-order valence-corrected chi connectivity index (χ3v) is 4.29. The van der Waals surface area contributed by atoms with E-state index >= 15 is 0 Å². The molecule has 2 rings (SSSR count). The van der Waals surface area contributed by atoms with Gasteiger partial charge >= 0.3 is 0 Å². The van der Waals surface area contributed by atoms with Crippen LogP contribution in [0.5, 0.6) is 0 Å². The summed E-state index contributed by atoms with van der Waals surface area (Å²) in [5.74, 6) is -1.72. The molecular formula is C16H15F2NO3S. The quantitative estimate of drug-likeness (QED) is 0.909. The maximum atomic E-state index is 13.0. The van der Waals surface area contributed by atoms with E-state index in [1.807, 2.05) is 0 Å². The molecule has 122 valence electrons. The normalized spacial score (nSPS) is 11.3. The third kappa shape index (κ3) is 4.85. The summed E-state index contributed by atoms with van der Waals surface area (Å²) in [7, 11) is -3.31. The van der Waals surface area contributed by atoms with Crippen molar-refractivity contribution in [1.29, 1.82) is 0 Å². The van der Waals surface area contributed by atoms with Crippen molar-refractivity contribution in [1.82, 2.24) is 5.32 Å². The van der Waals surface area contributed by atoms with Crippen molar-refractivity contribution >= 4 is 15.7 Å². The molecule has 23 heavy (non-hydrogen) atoms. The van der Waals surface area contributed by atoms with E-state index in [4.69, 9.17) is 0 Å². The molecule has 7 heteroatoms. The van der Waals surface area contributed by atoms with E-state index in [0.29, 0.717) is 11.1 Å². The molecule has 4 nitrogen and oxygen atoms in total. The number of carbonyl (C=O) groups is 1. The van der Waals surface area contributed by atoms with E-state index in [0.717, 1.165) is 12.3 Å². The Morgan fingerprint density at radius 2 is 1.61 bits per heavy atom. The van der Waals surface area contributed by atoms with E-state index in [2.05, 4.69) is 5.32 Å². The predicted octanol–water partition coefficient (Wildman–Crippen LogP) is 2.34. The van der Waals surface area contributed by atoms with E-state index in [9.17, 15) is 22.0 Å². The molecule has 0 radical (unpaired) electrons. The molecule has 1 N–H and O–H groups in total. The second-order valence-corrected chi connectivity index (χ2v) is 7.10. The Morgan fingerprint density at radius 3 is 2.13 bits per heavy atom. The van der Waals surface area contributed by atoms with Gasteiger partial charge in [-0.2, -0.15) is 0 Å². The summed E-state index contributed by atoms with van der Waals surface area (Å²) < 4.78 is 48.7. The highest BCUT2D eigenvalue weighted by Crippen LogP contribution is 2.11. The highest BCUT2D eigenvalue weighted by molar-refractivity contribution is 7.90. The minimum Gasteiger partial charge on any atom is -0.352 e. The summed E-state index contributed by atoms with van der Waals surface area (Å²) >= 11 is 0. The lowest BCUT2D eigenvalue weighted by Gasteiger charge is -2.06. The van der Waals surface area contributed by atoms with Gasteiger partial charge < -0.3 is 5.32 Å². The number of halogens is 2. The summed E-state index contributed by atoms with van der Waals surface area (Å²) in [6.07, 6.45) is 1.36. The van der Waals surface area contributed by atoms with Crippen molar-refractivity contribution in [3.8, 4) is 0 Å². The van der Waals surface area contributed by atoms with Gasteiger partial charge in [0.25, 0.3) is 5.91 Å². The van der Waals surface area contributed by atoms with Crippen molar-refractivity contribution in [2.24, 2.45) is 0 Å². The van der Waals surface area contributed by atoms with Gasteiger partial charge in [0.1, 0.15) is 11.6 Å². The number of benzene rings is 2. The van der Waals surface area contributed by atoms with Crippen LogP contribution < -0.4 is 5.32 Å². The van der Waals surface area contributed by atoms with Crippen LogP contribution in [0.25, 0.3) is 0 Å². The van der Waals surface area contributed by atoms with Crippen LogP contribution in [0.4, 0.5) is 8.78 Å². The van der Waals surface area contributed by atoms with Gasteiger partial charge in [0.2, 0.25) is 0 Å². The van der Waals surface area contributed by atoms with Gasteiger partial charge in [0.05, 0.1) is 4.90 Å². The lowest BCUT2D eigenvalue weighted by Crippen LogP contribution is -2.25. The molecule has 0 unspecified atom stereocenters. The number of carbonyl (C=O) groups excluding carboxylic acids is 1. The fourth-order valence-corrected chi connectivity index (χ4v) is 2.66. The Bertz CT molecular complexity index is 797. The van der Waals surface area contributed by atoms with Crippen molar-refractivity contribution in [3.63, 3.8) is 0 Å². The topological polar surface area (TPSA) is 63.2 Å². The highest BCUT2D eigenvalue weighted by atomic mass is 32.2. The number of rotatable bonds is 5. The van der Waals surface area contributed by atoms with E-state index in [1.54, 1.807) is 0 Å². The molecule has 0 spiro atoms. The number of nitrogens with one attached hydrogen (secondary N) is 1. The zero-order valence-corrected chi connectivity index (χ0v) is 13.2. The fraction of sp³-hybridized carbons (Fsp3) is 0.188. The number of hydrogen-bond acceptors (Lipinski definition) is 3. The second kappa shape index (κ2) is 6.87. The Hall–Kier alpha value is -2.28. The van der Waals surface area contributed by atoms with Gasteiger partial charge in [-0.05, 0) is 48.4 Å². The van der Waals surface area contributed by atoms with Gasteiger partial charge in [-0.3, -0.25) is 4.79 Å². The lowest BCUT2D eigenvalue weighted by atomic mass is 10.1. The maximum absolute atomic E-state index is 13.0. The molecule has 1 amide bonds. The number of amides is 1. The second-order valence-electron chi connectivity index (χ2n) is 5.08. The molecule has 0 saturated carbocycles. The van der Waals surface area contributed by atoms with Crippen LogP contribution in [-0.4, -0.2) is 27.1 Å². The Kier molecular flexibility index (Phi) is 5.10. The average Bonchev–Trinajstić information content (AvgIpc) is 2.45. The number of hydrogen-bond donors (Lipinski definition) is 1. The first-order valence-corrected chi connectivity index (χ1v) is 8.68. The van der Waals surface area contributed by atoms with Crippen LogP contribution in [0.2, 0.25) is 0 Å². The van der Waals surface area contributed by atoms with Crippen LogP contribution >= 0.6 is 0 Å². The van der Waals surface area contributed by atoms with Crippen molar-refractivity contribution in [3.05, 3.63) is 65.2 Å². The van der Waals surface area contributed by atoms with E-state index in [1.165, 1.54) is 36.4 Å². The van der Waals surface area contributed by atoms with Gasteiger partial charge in [-0.15, -0.1) is 0 Å². The Balaban J connectivity index is 1.94. The summed E-state index contributed by atoms with van der Waals surface area (Å²) in [6.45, 7) is 0.204. The molecule has 0 heterocycles. The minimum atomic E-state index is -3.31. The molecule has 0 saturated heterocycles. The largest absolute Gasteiger partial charge is 0.352 e. The lowest BCUT2D eigenvalue weighted by molar-refractivity contribution is 0.0954. The monoisotopic (exact) mass is 339 g/mol. The molecule has 2 aromatic rings. The summed E-state index contributed by atoms with van der Waals surface area (Å²) in [5.41, 5.74) is 0.748. The molecule has 0 bridgehead atoms. The molecule has 0 aromatic heterocycles. The fourth-order valence-electron chi connectivity index (χ4n) is 2.03. The van der Waals surface area contributed by atoms with Crippen LogP contribution in [0, 0.1) is 11.6 Å². The SMILES string of the molecule is CS(=O)(=O)c1ccc(C(=O)NCCc2cc(F)cc(F)c2)cc1. The number of sulfone groups is 1. The predicted molar refractivity (Wildman–Crippen MR) is 81.9 cm³/mol. The molecule has 0 aliphatic heterocycles. The van der Waals surface area contributed by atoms with Gasteiger partial charge in [0, 0.05) is 24.4 Å². The van der Waals surface area contributed by atoms with Crippen molar-refractivity contribution in [2.75, 3.05) is 12.8 Å². The minimum absolute atomic E-state index is 0.129. The standard InChI is InChI=1S/C16H15F2NO3S/c1-23(21,22)15-4-2-12(3-5-15)16(20)19-7-6-11-8-13(17)10-14(18)9-11/h2-5,8-10H,6-7H2,1H3,(H,19,20). The maximum Gasteiger partial charge on any atom is 0.251 e. The average molecular weight is 339 g/mol. The smallest absolute Gasteiger partial charge is 0.251 e. The van der Waals surface area contributed by atoms with E-state index in [-0.39, 0.29) is 23.8 Å². The highest BCUT2D eigenvalue weighted by Gasteiger charge is 2.09. The Morgan fingerprint density at radius 1 is 1.04 bits per heavy atom. The van der Waals surface area contributed by atoms with Crippen molar-refractivity contribution < 1.29 is 22.0 Å². The van der Waals surface area contributed by atoms with Crippen LogP contribution in [0.3, 0.4) is 0 Å². The molecule has 0 aliphatic carbocycles. The van der Waals surface area contributed by atoms with Crippen molar-refractivity contribution in [2.45, 2.75) is 11.3 Å². The van der Waals surface area contributed by atoms with Crippen LogP contribution in [0.15, 0.2) is 47.4 Å². The zero-order chi connectivity index (χ0) is 17.0. The summed E-state index contributed by atoms with van der Waals surface area (Å²) in [4.78, 5) is 12.1. The first kappa shape index (κ1) is 17.1. The Labute approximate surface area is 133 Å². The molecular weight excluding hydrogens is 324 g/mol. The van der Waals surface area contributed by atoms with Gasteiger partial charge in [0.15, 0.2) is 9.84 Å². The zero-order valence-electron chi connectivity index (χ0n) is 12.3. The summed E-state index contributed by atoms with van der Waals surface area (Å²) in [5, 5.41) is 2.61. The third-order valence-electron chi connectivity index (χ3n) is 3.17. The first-order valence-electron chi connectivity index (χ1n) is 6.79. The molecule has 2 aromatic carbocycles. The van der Waals surface area contributed by atoms with Crippen LogP contribution in [0.1, 0.15) is 15.9 Å². The van der Waals surface area contributed by atoms with Gasteiger partial charge in [-0.25, -0.2) is 17.2 Å². The molecule has 0 aliphatic rings. The van der Waals surface area contributed by atoms with Crippen LogP contribution in [-0.2, 0) is 16.3 Å². The molecule has 0 atom stereocenters. The summed E-state index contributed by atoms with van der Waals surface area (Å²) in [6, 6.07) is 8.72. The first-order chi connectivity index (χ1) is 10.8.